The third-order valence-corrected chi connectivity index (χ3v) is 2.94. The Labute approximate surface area is 104 Å². The largest absolute Gasteiger partial charge is 0.228 e. The third kappa shape index (κ3) is 1.68. The van der Waals surface area contributed by atoms with Gasteiger partial charge in [-0.15, -0.1) is 0 Å². The van der Waals surface area contributed by atoms with Gasteiger partial charge in [0.25, 0.3) is 0 Å². The van der Waals surface area contributed by atoms with Crippen molar-refractivity contribution < 1.29 is 0 Å². The van der Waals surface area contributed by atoms with Crippen LogP contribution in [0, 0.1) is 6.92 Å². The van der Waals surface area contributed by atoms with Crippen molar-refractivity contribution in [1.29, 1.82) is 0 Å². The summed E-state index contributed by atoms with van der Waals surface area (Å²) >= 11 is 6.19. The first-order valence-corrected chi connectivity index (χ1v) is 5.70. The lowest BCUT2D eigenvalue weighted by molar-refractivity contribution is 0.942. The predicted molar refractivity (Wildman–Crippen MR) is 68.2 cm³/mol. The minimum absolute atomic E-state index is 0.571. The number of aromatic nitrogens is 3. The summed E-state index contributed by atoms with van der Waals surface area (Å²) in [6, 6.07) is 11.8. The lowest BCUT2D eigenvalue weighted by Gasteiger charge is -2.03. The molecule has 0 atom stereocenters. The maximum Gasteiger partial charge on any atom is 0.160 e. The molecule has 0 aliphatic rings. The second kappa shape index (κ2) is 3.86. The molecule has 2 aromatic heterocycles. The van der Waals surface area contributed by atoms with Gasteiger partial charge in [0.2, 0.25) is 0 Å². The summed E-state index contributed by atoms with van der Waals surface area (Å²) in [5, 5.41) is 4.75. The highest BCUT2D eigenvalue weighted by Gasteiger charge is 2.08. The Morgan fingerprint density at radius 2 is 1.94 bits per heavy atom. The summed E-state index contributed by atoms with van der Waals surface area (Å²) in [5.74, 6) is 0. The molecule has 1 aromatic carbocycles. The van der Waals surface area contributed by atoms with E-state index in [1.54, 1.807) is 10.7 Å². The van der Waals surface area contributed by atoms with Crippen molar-refractivity contribution in [2.75, 3.05) is 0 Å². The molecule has 0 fully saturated rings. The first kappa shape index (κ1) is 10.3. The van der Waals surface area contributed by atoms with Crippen LogP contribution in [0.1, 0.15) is 5.56 Å². The van der Waals surface area contributed by atoms with Crippen LogP contribution in [0.15, 0.2) is 42.6 Å². The van der Waals surface area contributed by atoms with Gasteiger partial charge in [0.1, 0.15) is 5.15 Å². The highest BCUT2D eigenvalue weighted by atomic mass is 35.5. The van der Waals surface area contributed by atoms with Crippen molar-refractivity contribution in [2.24, 2.45) is 0 Å². The average molecular weight is 244 g/mol. The van der Waals surface area contributed by atoms with Gasteiger partial charge in [-0.1, -0.05) is 41.9 Å². The topological polar surface area (TPSA) is 30.2 Å². The van der Waals surface area contributed by atoms with Gasteiger partial charge in [0, 0.05) is 17.2 Å². The van der Waals surface area contributed by atoms with Gasteiger partial charge >= 0.3 is 0 Å². The Hall–Kier alpha value is -1.87. The number of benzene rings is 1. The maximum absolute atomic E-state index is 6.19. The molecule has 0 saturated heterocycles. The van der Waals surface area contributed by atoms with Crippen LogP contribution in [0.25, 0.3) is 16.9 Å². The fraction of sp³-hybridized carbons (Fsp3) is 0.0769. The first-order valence-electron chi connectivity index (χ1n) is 5.32. The van der Waals surface area contributed by atoms with Gasteiger partial charge < -0.3 is 0 Å². The van der Waals surface area contributed by atoms with Gasteiger partial charge in [-0.05, 0) is 6.92 Å². The van der Waals surface area contributed by atoms with Crippen molar-refractivity contribution in [3.8, 4) is 11.3 Å². The molecular formula is C13H10ClN3. The normalized spacial score (nSPS) is 10.9. The van der Waals surface area contributed by atoms with Crippen molar-refractivity contribution in [3.05, 3.63) is 53.3 Å². The monoisotopic (exact) mass is 243 g/mol. The van der Waals surface area contributed by atoms with Crippen LogP contribution >= 0.6 is 11.6 Å². The Bertz CT molecular complexity index is 674. The molecule has 3 nitrogen and oxygen atoms in total. The fourth-order valence-electron chi connectivity index (χ4n) is 1.79. The third-order valence-electron chi connectivity index (χ3n) is 2.67. The SMILES string of the molecule is Cc1cnn2c(Cl)cc(-c3ccccc3)nc12. The number of hydrogen-bond acceptors (Lipinski definition) is 2. The Morgan fingerprint density at radius 3 is 2.71 bits per heavy atom. The second-order valence-electron chi connectivity index (χ2n) is 3.89. The summed E-state index contributed by atoms with van der Waals surface area (Å²) < 4.78 is 1.64. The van der Waals surface area contributed by atoms with E-state index in [1.165, 1.54) is 0 Å². The zero-order chi connectivity index (χ0) is 11.8. The van der Waals surface area contributed by atoms with Crippen molar-refractivity contribution in [1.82, 2.24) is 14.6 Å². The van der Waals surface area contributed by atoms with E-state index < -0.39 is 0 Å². The number of hydrogen-bond donors (Lipinski definition) is 0. The summed E-state index contributed by atoms with van der Waals surface area (Å²) in [7, 11) is 0. The zero-order valence-corrected chi connectivity index (χ0v) is 10.0. The molecular weight excluding hydrogens is 234 g/mol. The standard InChI is InChI=1S/C13H10ClN3/c1-9-8-15-17-12(14)7-11(16-13(9)17)10-5-3-2-4-6-10/h2-8H,1H3. The molecule has 3 aromatic rings. The molecule has 0 bridgehead atoms. The quantitative estimate of drug-likeness (QED) is 0.614. The van der Waals surface area contributed by atoms with Crippen LogP contribution in [0.3, 0.4) is 0 Å². The zero-order valence-electron chi connectivity index (χ0n) is 9.26. The molecule has 17 heavy (non-hydrogen) atoms. The Morgan fingerprint density at radius 1 is 1.18 bits per heavy atom. The van der Waals surface area contributed by atoms with Crippen LogP contribution in [-0.4, -0.2) is 14.6 Å². The van der Waals surface area contributed by atoms with E-state index in [1.807, 2.05) is 43.3 Å². The van der Waals surface area contributed by atoms with Gasteiger partial charge in [-0.3, -0.25) is 0 Å². The molecule has 0 radical (unpaired) electrons. The molecule has 3 rings (SSSR count). The Kier molecular flexibility index (Phi) is 2.34. The van der Waals surface area contributed by atoms with E-state index in [2.05, 4.69) is 10.1 Å². The Balaban J connectivity index is 2.28. The van der Waals surface area contributed by atoms with Crippen molar-refractivity contribution >= 4 is 17.2 Å². The summed E-state index contributed by atoms with van der Waals surface area (Å²) in [6.07, 6.45) is 1.77. The molecule has 0 saturated carbocycles. The van der Waals surface area contributed by atoms with Crippen LogP contribution in [0.5, 0.6) is 0 Å². The summed E-state index contributed by atoms with van der Waals surface area (Å²) in [5.41, 5.74) is 3.74. The summed E-state index contributed by atoms with van der Waals surface area (Å²) in [4.78, 5) is 4.58. The molecule has 2 heterocycles. The van der Waals surface area contributed by atoms with Gasteiger partial charge in [-0.25, -0.2) is 9.50 Å². The molecule has 0 unspecified atom stereocenters. The number of fused-ring (bicyclic) bond motifs is 1. The number of aryl methyl sites for hydroxylation is 1. The maximum atomic E-state index is 6.19. The fourth-order valence-corrected chi connectivity index (χ4v) is 2.02. The number of nitrogens with zero attached hydrogens (tertiary/aromatic N) is 3. The minimum atomic E-state index is 0.571. The van der Waals surface area contributed by atoms with Gasteiger partial charge in [-0.2, -0.15) is 5.10 Å². The molecule has 0 aliphatic heterocycles. The average Bonchev–Trinajstić information content (AvgIpc) is 2.73. The molecule has 0 amide bonds. The van der Waals surface area contributed by atoms with Crippen LogP contribution in [0.4, 0.5) is 0 Å². The molecule has 0 aliphatic carbocycles. The van der Waals surface area contributed by atoms with E-state index in [9.17, 15) is 0 Å². The van der Waals surface area contributed by atoms with Gasteiger partial charge in [0.15, 0.2) is 5.65 Å². The summed E-state index contributed by atoms with van der Waals surface area (Å²) in [6.45, 7) is 1.97. The van der Waals surface area contributed by atoms with Crippen molar-refractivity contribution in [2.45, 2.75) is 6.92 Å². The highest BCUT2D eigenvalue weighted by molar-refractivity contribution is 6.30. The van der Waals surface area contributed by atoms with Crippen LogP contribution in [-0.2, 0) is 0 Å². The molecule has 0 spiro atoms. The number of rotatable bonds is 1. The predicted octanol–water partition coefficient (Wildman–Crippen LogP) is 3.36. The lowest BCUT2D eigenvalue weighted by Crippen LogP contribution is -1.94. The molecule has 4 heteroatoms. The van der Waals surface area contributed by atoms with Crippen LogP contribution < -0.4 is 0 Å². The van der Waals surface area contributed by atoms with Gasteiger partial charge in [0.05, 0.1) is 11.9 Å². The second-order valence-corrected chi connectivity index (χ2v) is 4.28. The number of halogens is 1. The van der Waals surface area contributed by atoms with Crippen LogP contribution in [0.2, 0.25) is 5.15 Å². The van der Waals surface area contributed by atoms with E-state index in [4.69, 9.17) is 11.6 Å². The van der Waals surface area contributed by atoms with E-state index >= 15 is 0 Å². The van der Waals surface area contributed by atoms with E-state index in [-0.39, 0.29) is 0 Å². The lowest BCUT2D eigenvalue weighted by atomic mass is 10.1. The minimum Gasteiger partial charge on any atom is -0.228 e. The first-order chi connectivity index (χ1) is 8.25. The van der Waals surface area contributed by atoms with E-state index in [0.717, 1.165) is 22.5 Å². The van der Waals surface area contributed by atoms with Crippen molar-refractivity contribution in [3.63, 3.8) is 0 Å². The molecule has 0 N–H and O–H groups in total. The van der Waals surface area contributed by atoms with E-state index in [0.29, 0.717) is 5.15 Å². The highest BCUT2D eigenvalue weighted by Crippen LogP contribution is 2.22. The smallest absolute Gasteiger partial charge is 0.160 e. The molecule has 84 valence electrons.